The summed E-state index contributed by atoms with van der Waals surface area (Å²) in [5.74, 6) is -0.160. The Kier molecular flexibility index (Phi) is 2.84. The Bertz CT molecular complexity index is 754. The Balaban J connectivity index is 2.90. The Labute approximate surface area is 104 Å². The van der Waals surface area contributed by atoms with Crippen LogP contribution in [0, 0.1) is 11.3 Å². The molecule has 0 fully saturated rings. The molecule has 0 aromatic carbocycles. The van der Waals surface area contributed by atoms with Crippen molar-refractivity contribution < 1.29 is 13.0 Å². The van der Waals surface area contributed by atoms with Crippen molar-refractivity contribution in [3.63, 3.8) is 0 Å². The molecule has 0 bridgehead atoms. The second-order valence-electron chi connectivity index (χ2n) is 4.19. The van der Waals surface area contributed by atoms with E-state index in [2.05, 4.69) is 4.98 Å². The van der Waals surface area contributed by atoms with Gasteiger partial charge in [-0.2, -0.15) is 13.7 Å². The first-order valence-electron chi connectivity index (χ1n) is 5.24. The molecule has 7 heteroatoms. The van der Waals surface area contributed by atoms with Crippen LogP contribution in [0.2, 0.25) is 0 Å². The van der Waals surface area contributed by atoms with E-state index in [1.807, 2.05) is 6.07 Å². The number of fused-ring (bicyclic) bond motifs is 1. The van der Waals surface area contributed by atoms with Gasteiger partial charge in [0.2, 0.25) is 0 Å². The van der Waals surface area contributed by atoms with Crippen LogP contribution in [-0.4, -0.2) is 22.4 Å². The number of imidazole rings is 1. The average Bonchev–Trinajstić information content (AvgIpc) is 2.66. The molecule has 0 unspecified atom stereocenters. The van der Waals surface area contributed by atoms with Gasteiger partial charge >= 0.3 is 10.1 Å². The molecule has 0 aliphatic rings. The molecule has 6 nitrogen and oxygen atoms in total. The molecule has 0 saturated carbocycles. The smallest absolute Gasteiger partial charge is 0.288 e. The van der Waals surface area contributed by atoms with E-state index in [1.165, 1.54) is 22.7 Å². The summed E-state index contributed by atoms with van der Waals surface area (Å²) >= 11 is 0. The molecular formula is C11H11N3O3S. The highest BCUT2D eigenvalue weighted by Crippen LogP contribution is 2.24. The van der Waals surface area contributed by atoms with Crippen molar-refractivity contribution in [1.82, 2.24) is 9.38 Å². The molecule has 2 heterocycles. The highest BCUT2D eigenvalue weighted by atomic mass is 32.2. The number of rotatable bonds is 2. The van der Waals surface area contributed by atoms with Crippen molar-refractivity contribution >= 4 is 15.8 Å². The molecule has 0 aliphatic heterocycles. The second-order valence-corrected chi connectivity index (χ2v) is 5.52. The SMILES string of the molecule is CC(C)c1nc2cc(C#N)ccn2c1S(=O)(=O)O. The topological polar surface area (TPSA) is 95.5 Å². The molecular weight excluding hydrogens is 254 g/mol. The lowest BCUT2D eigenvalue weighted by Gasteiger charge is -2.03. The first kappa shape index (κ1) is 12.5. The summed E-state index contributed by atoms with van der Waals surface area (Å²) in [6.45, 7) is 3.56. The quantitative estimate of drug-likeness (QED) is 0.831. The fourth-order valence-electron chi connectivity index (χ4n) is 1.74. The Hall–Kier alpha value is -1.91. The molecule has 0 saturated heterocycles. The van der Waals surface area contributed by atoms with E-state index >= 15 is 0 Å². The predicted molar refractivity (Wildman–Crippen MR) is 63.8 cm³/mol. The normalized spacial score (nSPS) is 11.9. The summed E-state index contributed by atoms with van der Waals surface area (Å²) < 4.78 is 33.4. The molecule has 0 atom stereocenters. The monoisotopic (exact) mass is 265 g/mol. The van der Waals surface area contributed by atoms with E-state index in [1.54, 1.807) is 13.8 Å². The maximum Gasteiger partial charge on any atom is 0.312 e. The zero-order chi connectivity index (χ0) is 13.5. The maximum absolute atomic E-state index is 11.4. The lowest BCUT2D eigenvalue weighted by atomic mass is 10.2. The van der Waals surface area contributed by atoms with E-state index in [9.17, 15) is 13.0 Å². The Morgan fingerprint density at radius 2 is 2.17 bits per heavy atom. The summed E-state index contributed by atoms with van der Waals surface area (Å²) in [5, 5.41) is 8.55. The van der Waals surface area contributed by atoms with Crippen LogP contribution in [0.3, 0.4) is 0 Å². The number of nitriles is 1. The molecule has 2 aromatic heterocycles. The van der Waals surface area contributed by atoms with Gasteiger partial charge in [0.1, 0.15) is 5.65 Å². The number of nitrogens with zero attached hydrogens (tertiary/aromatic N) is 3. The van der Waals surface area contributed by atoms with Gasteiger partial charge in [-0.3, -0.25) is 8.95 Å². The first-order chi connectivity index (χ1) is 8.34. The lowest BCUT2D eigenvalue weighted by molar-refractivity contribution is 0.476. The van der Waals surface area contributed by atoms with E-state index in [-0.39, 0.29) is 16.6 Å². The summed E-state index contributed by atoms with van der Waals surface area (Å²) in [6.07, 6.45) is 1.41. The van der Waals surface area contributed by atoms with Crippen molar-refractivity contribution in [3.8, 4) is 6.07 Å². The maximum atomic E-state index is 11.4. The molecule has 0 spiro atoms. The molecule has 18 heavy (non-hydrogen) atoms. The first-order valence-corrected chi connectivity index (χ1v) is 6.68. The molecule has 1 N–H and O–H groups in total. The van der Waals surface area contributed by atoms with Crippen LogP contribution < -0.4 is 0 Å². The van der Waals surface area contributed by atoms with Gasteiger partial charge in [0.15, 0.2) is 5.03 Å². The van der Waals surface area contributed by atoms with Gasteiger partial charge in [-0.1, -0.05) is 13.8 Å². The van der Waals surface area contributed by atoms with Crippen molar-refractivity contribution in [2.24, 2.45) is 0 Å². The second kappa shape index (κ2) is 4.08. The van der Waals surface area contributed by atoms with Crippen molar-refractivity contribution in [3.05, 3.63) is 29.6 Å². The van der Waals surface area contributed by atoms with Gasteiger partial charge in [0.25, 0.3) is 0 Å². The molecule has 0 radical (unpaired) electrons. The minimum Gasteiger partial charge on any atom is -0.288 e. The van der Waals surface area contributed by atoms with E-state index < -0.39 is 10.1 Å². The number of hydrogen-bond acceptors (Lipinski definition) is 4. The number of hydrogen-bond donors (Lipinski definition) is 1. The summed E-state index contributed by atoms with van der Waals surface area (Å²) in [6, 6.07) is 4.89. The van der Waals surface area contributed by atoms with E-state index in [0.29, 0.717) is 11.2 Å². The number of pyridine rings is 1. The van der Waals surface area contributed by atoms with E-state index in [4.69, 9.17) is 5.26 Å². The van der Waals surface area contributed by atoms with Crippen LogP contribution in [0.5, 0.6) is 0 Å². The van der Waals surface area contributed by atoms with E-state index in [0.717, 1.165) is 0 Å². The van der Waals surface area contributed by atoms with Crippen molar-refractivity contribution in [1.29, 1.82) is 5.26 Å². The fraction of sp³-hybridized carbons (Fsp3) is 0.273. The number of aromatic nitrogens is 2. The highest BCUT2D eigenvalue weighted by molar-refractivity contribution is 7.85. The zero-order valence-electron chi connectivity index (χ0n) is 9.82. The van der Waals surface area contributed by atoms with Gasteiger partial charge in [-0.15, -0.1) is 0 Å². The minimum atomic E-state index is -4.36. The molecule has 2 aromatic rings. The summed E-state index contributed by atoms with van der Waals surface area (Å²) in [5.41, 5.74) is 0.989. The van der Waals surface area contributed by atoms with Crippen LogP contribution >= 0.6 is 0 Å². The molecule has 0 aliphatic carbocycles. The van der Waals surface area contributed by atoms with Crippen LogP contribution in [-0.2, 0) is 10.1 Å². The third-order valence-corrected chi connectivity index (χ3v) is 3.42. The van der Waals surface area contributed by atoms with Gasteiger partial charge in [-0.05, 0) is 18.1 Å². The fourth-order valence-corrected chi connectivity index (χ4v) is 2.69. The third kappa shape index (κ3) is 1.96. The third-order valence-electron chi connectivity index (χ3n) is 2.53. The van der Waals surface area contributed by atoms with Gasteiger partial charge in [-0.25, -0.2) is 4.98 Å². The van der Waals surface area contributed by atoms with Crippen molar-refractivity contribution in [2.75, 3.05) is 0 Å². The van der Waals surface area contributed by atoms with Crippen LogP contribution in [0.15, 0.2) is 23.4 Å². The van der Waals surface area contributed by atoms with Crippen molar-refractivity contribution in [2.45, 2.75) is 24.8 Å². The largest absolute Gasteiger partial charge is 0.312 e. The Morgan fingerprint density at radius 3 is 2.67 bits per heavy atom. The van der Waals surface area contributed by atoms with Crippen LogP contribution in [0.1, 0.15) is 31.0 Å². The van der Waals surface area contributed by atoms with Gasteiger partial charge < -0.3 is 0 Å². The predicted octanol–water partition coefficient (Wildman–Crippen LogP) is 1.58. The highest BCUT2D eigenvalue weighted by Gasteiger charge is 2.24. The molecule has 2 rings (SSSR count). The molecule has 0 amide bonds. The van der Waals surface area contributed by atoms with Crippen LogP contribution in [0.25, 0.3) is 5.65 Å². The van der Waals surface area contributed by atoms with Gasteiger partial charge in [0, 0.05) is 6.20 Å². The Morgan fingerprint density at radius 1 is 1.50 bits per heavy atom. The minimum absolute atomic E-state index is 0.160. The van der Waals surface area contributed by atoms with Gasteiger partial charge in [0.05, 0.1) is 17.3 Å². The van der Waals surface area contributed by atoms with Crippen LogP contribution in [0.4, 0.5) is 0 Å². The summed E-state index contributed by atoms with van der Waals surface area (Å²) in [4.78, 5) is 4.16. The lowest BCUT2D eigenvalue weighted by Crippen LogP contribution is -2.06. The summed E-state index contributed by atoms with van der Waals surface area (Å²) in [7, 11) is -4.36. The standard InChI is InChI=1S/C11H11N3O3S/c1-7(2)10-11(18(15,16)17)14-4-3-8(6-12)5-9(14)13-10/h3-5,7H,1-2H3,(H,15,16,17). The molecule has 94 valence electrons. The zero-order valence-corrected chi connectivity index (χ0v) is 10.6. The average molecular weight is 265 g/mol.